The maximum absolute atomic E-state index is 12.2. The van der Waals surface area contributed by atoms with Crippen molar-refractivity contribution in [2.45, 2.75) is 117 Å². The van der Waals surface area contributed by atoms with E-state index < -0.39 is 17.4 Å². The smallest absolute Gasteiger partial charge is 0.309 e. The summed E-state index contributed by atoms with van der Waals surface area (Å²) in [7, 11) is 0. The van der Waals surface area contributed by atoms with Crippen LogP contribution >= 0.6 is 0 Å². The van der Waals surface area contributed by atoms with E-state index in [4.69, 9.17) is 0 Å². The molecular formula is C23H42O4. The summed E-state index contributed by atoms with van der Waals surface area (Å²) < 4.78 is 0. The molecule has 0 saturated heterocycles. The first-order chi connectivity index (χ1) is 13.0. The zero-order chi connectivity index (χ0) is 20.1. The molecule has 0 spiro atoms. The van der Waals surface area contributed by atoms with Crippen LogP contribution in [0.15, 0.2) is 0 Å². The van der Waals surface area contributed by atoms with Crippen molar-refractivity contribution in [2.24, 2.45) is 17.3 Å². The van der Waals surface area contributed by atoms with E-state index >= 15 is 0 Å². The number of hydrogen-bond donors (Lipinski definition) is 2. The molecule has 0 heterocycles. The number of unbranched alkanes of at least 4 members (excludes halogenated alkanes) is 9. The van der Waals surface area contributed by atoms with Crippen LogP contribution in [-0.2, 0) is 9.59 Å². The SMILES string of the molecule is CCCCCCCCCCCC1CC(C(=O)O)CCC1(CCCC)C(=O)O. The highest BCUT2D eigenvalue weighted by atomic mass is 16.4. The molecule has 0 aliphatic heterocycles. The van der Waals surface area contributed by atoms with Gasteiger partial charge in [-0.25, -0.2) is 0 Å². The van der Waals surface area contributed by atoms with Gasteiger partial charge in [0, 0.05) is 0 Å². The minimum Gasteiger partial charge on any atom is -0.481 e. The van der Waals surface area contributed by atoms with Gasteiger partial charge in [0.2, 0.25) is 0 Å². The zero-order valence-electron chi connectivity index (χ0n) is 17.7. The van der Waals surface area contributed by atoms with Gasteiger partial charge in [-0.1, -0.05) is 84.5 Å². The van der Waals surface area contributed by atoms with Crippen molar-refractivity contribution in [3.63, 3.8) is 0 Å². The van der Waals surface area contributed by atoms with Crippen molar-refractivity contribution >= 4 is 11.9 Å². The molecule has 3 unspecified atom stereocenters. The monoisotopic (exact) mass is 382 g/mol. The third kappa shape index (κ3) is 7.83. The summed E-state index contributed by atoms with van der Waals surface area (Å²) in [5.41, 5.74) is -0.692. The molecule has 0 radical (unpaired) electrons. The van der Waals surface area contributed by atoms with Crippen LogP contribution in [0.1, 0.15) is 117 Å². The number of rotatable bonds is 15. The van der Waals surface area contributed by atoms with Crippen LogP contribution in [0.3, 0.4) is 0 Å². The Hall–Kier alpha value is -1.06. The first kappa shape index (κ1) is 24.0. The van der Waals surface area contributed by atoms with Crippen LogP contribution in [0.25, 0.3) is 0 Å². The summed E-state index contributed by atoms with van der Waals surface area (Å²) >= 11 is 0. The van der Waals surface area contributed by atoms with E-state index in [1.807, 2.05) is 0 Å². The third-order valence-corrected chi connectivity index (χ3v) is 6.70. The van der Waals surface area contributed by atoms with Crippen LogP contribution in [0.2, 0.25) is 0 Å². The first-order valence-corrected chi connectivity index (χ1v) is 11.4. The minimum absolute atomic E-state index is 0.0148. The molecule has 1 aliphatic carbocycles. The highest BCUT2D eigenvalue weighted by Gasteiger charge is 2.49. The molecule has 0 amide bonds. The van der Waals surface area contributed by atoms with Gasteiger partial charge < -0.3 is 10.2 Å². The molecule has 0 aromatic carbocycles. The summed E-state index contributed by atoms with van der Waals surface area (Å²) in [6.07, 6.45) is 16.3. The summed E-state index contributed by atoms with van der Waals surface area (Å²) in [6.45, 7) is 4.33. The lowest BCUT2D eigenvalue weighted by molar-refractivity contribution is -0.161. The average molecular weight is 383 g/mol. The topological polar surface area (TPSA) is 74.6 Å². The lowest BCUT2D eigenvalue weighted by Gasteiger charge is -2.43. The van der Waals surface area contributed by atoms with Crippen molar-refractivity contribution in [2.75, 3.05) is 0 Å². The lowest BCUT2D eigenvalue weighted by atomic mass is 9.59. The van der Waals surface area contributed by atoms with Crippen LogP contribution in [0.4, 0.5) is 0 Å². The van der Waals surface area contributed by atoms with Gasteiger partial charge in [-0.2, -0.15) is 0 Å². The van der Waals surface area contributed by atoms with Crippen LogP contribution in [-0.4, -0.2) is 22.2 Å². The zero-order valence-corrected chi connectivity index (χ0v) is 17.7. The van der Waals surface area contributed by atoms with Gasteiger partial charge >= 0.3 is 11.9 Å². The summed E-state index contributed by atoms with van der Waals surface area (Å²) in [5, 5.41) is 19.4. The molecule has 1 aliphatic rings. The highest BCUT2D eigenvalue weighted by Crippen LogP contribution is 2.49. The van der Waals surface area contributed by atoms with Crippen LogP contribution in [0.5, 0.6) is 0 Å². The number of carbonyl (C=O) groups is 2. The average Bonchev–Trinajstić information content (AvgIpc) is 2.65. The maximum Gasteiger partial charge on any atom is 0.309 e. The number of aliphatic carboxylic acids is 2. The lowest BCUT2D eigenvalue weighted by Crippen LogP contribution is -2.44. The largest absolute Gasteiger partial charge is 0.481 e. The first-order valence-electron chi connectivity index (χ1n) is 11.4. The standard InChI is InChI=1S/C23H42O4/c1-3-5-7-8-9-10-11-12-13-14-20-18-19(21(24)25)15-17-23(20,22(26)27)16-6-4-2/h19-20H,3-18H2,1-2H3,(H,24,25)(H,26,27). The Balaban J connectivity index is 2.51. The molecule has 3 atom stereocenters. The Labute approximate surface area is 166 Å². The van der Waals surface area contributed by atoms with Gasteiger partial charge in [0.25, 0.3) is 0 Å². The molecule has 158 valence electrons. The van der Waals surface area contributed by atoms with Crippen LogP contribution < -0.4 is 0 Å². The van der Waals surface area contributed by atoms with Gasteiger partial charge in [0.1, 0.15) is 0 Å². The van der Waals surface area contributed by atoms with Crippen molar-refractivity contribution in [3.8, 4) is 0 Å². The van der Waals surface area contributed by atoms with E-state index in [-0.39, 0.29) is 11.8 Å². The second kappa shape index (κ2) is 13.2. The van der Waals surface area contributed by atoms with Gasteiger partial charge in [0.05, 0.1) is 11.3 Å². The number of hydrogen-bond acceptors (Lipinski definition) is 2. The van der Waals surface area contributed by atoms with Gasteiger partial charge in [0.15, 0.2) is 0 Å². The predicted molar refractivity (Wildman–Crippen MR) is 110 cm³/mol. The minimum atomic E-state index is -0.749. The van der Waals surface area contributed by atoms with E-state index in [1.54, 1.807) is 0 Å². The Kier molecular flexibility index (Phi) is 11.7. The second-order valence-corrected chi connectivity index (χ2v) is 8.69. The Bertz CT molecular complexity index is 434. The quantitative estimate of drug-likeness (QED) is 0.310. The van der Waals surface area contributed by atoms with Gasteiger partial charge in [-0.05, 0) is 38.0 Å². The van der Waals surface area contributed by atoms with Crippen LogP contribution in [0, 0.1) is 17.3 Å². The van der Waals surface area contributed by atoms with Crippen molar-refractivity contribution in [1.29, 1.82) is 0 Å². The Morgan fingerprint density at radius 1 is 0.852 bits per heavy atom. The van der Waals surface area contributed by atoms with Gasteiger partial charge in [-0.3, -0.25) is 9.59 Å². The van der Waals surface area contributed by atoms with E-state index in [0.29, 0.717) is 25.7 Å². The molecule has 27 heavy (non-hydrogen) atoms. The molecule has 0 aromatic heterocycles. The molecule has 1 fully saturated rings. The van der Waals surface area contributed by atoms with Crippen molar-refractivity contribution in [3.05, 3.63) is 0 Å². The highest BCUT2D eigenvalue weighted by molar-refractivity contribution is 5.76. The summed E-state index contributed by atoms with van der Waals surface area (Å²) in [6, 6.07) is 0. The molecule has 1 saturated carbocycles. The fourth-order valence-corrected chi connectivity index (χ4v) is 4.85. The molecule has 2 N–H and O–H groups in total. The molecule has 4 nitrogen and oxygen atoms in total. The van der Waals surface area contributed by atoms with E-state index in [9.17, 15) is 19.8 Å². The Morgan fingerprint density at radius 2 is 1.41 bits per heavy atom. The van der Waals surface area contributed by atoms with Crippen molar-refractivity contribution in [1.82, 2.24) is 0 Å². The third-order valence-electron chi connectivity index (χ3n) is 6.70. The maximum atomic E-state index is 12.2. The number of carboxylic acids is 2. The Morgan fingerprint density at radius 3 is 1.93 bits per heavy atom. The molecular weight excluding hydrogens is 340 g/mol. The molecule has 1 rings (SSSR count). The summed E-state index contributed by atoms with van der Waals surface area (Å²) in [5.74, 6) is -1.79. The fourth-order valence-electron chi connectivity index (χ4n) is 4.85. The second-order valence-electron chi connectivity index (χ2n) is 8.69. The summed E-state index contributed by atoms with van der Waals surface area (Å²) in [4.78, 5) is 23.7. The predicted octanol–water partition coefficient (Wildman–Crippen LogP) is 6.67. The van der Waals surface area contributed by atoms with Gasteiger partial charge in [-0.15, -0.1) is 0 Å². The van der Waals surface area contributed by atoms with Crippen molar-refractivity contribution < 1.29 is 19.8 Å². The molecule has 0 aromatic rings. The van der Waals surface area contributed by atoms with E-state index in [0.717, 1.165) is 32.1 Å². The fraction of sp³-hybridized carbons (Fsp3) is 0.913. The van der Waals surface area contributed by atoms with E-state index in [1.165, 1.54) is 44.9 Å². The normalized spacial score (nSPS) is 25.4. The molecule has 0 bridgehead atoms. The number of carboxylic acid groups (broad SMARTS) is 2. The van der Waals surface area contributed by atoms with E-state index in [2.05, 4.69) is 13.8 Å². The molecule has 4 heteroatoms.